The number of hydrogen-bond donors (Lipinski definition) is 1. The zero-order chi connectivity index (χ0) is 13.8. The third-order valence-corrected chi connectivity index (χ3v) is 3.63. The van der Waals surface area contributed by atoms with Gasteiger partial charge in [-0.05, 0) is 44.0 Å². The van der Waals surface area contributed by atoms with Gasteiger partial charge in [0, 0.05) is 18.2 Å². The van der Waals surface area contributed by atoms with Crippen LogP contribution in [0.25, 0.3) is 0 Å². The van der Waals surface area contributed by atoms with Crippen LogP contribution in [0.4, 0.5) is 0 Å². The summed E-state index contributed by atoms with van der Waals surface area (Å²) in [6, 6.07) is 7.46. The van der Waals surface area contributed by atoms with Crippen LogP contribution in [-0.2, 0) is 0 Å². The molecule has 0 amide bonds. The molecule has 1 aromatic rings. The number of benzene rings is 1. The van der Waals surface area contributed by atoms with Crippen molar-refractivity contribution in [3.05, 3.63) is 29.8 Å². The largest absolute Gasteiger partial charge is 0.497 e. The lowest BCUT2D eigenvalue weighted by Gasteiger charge is -2.27. The van der Waals surface area contributed by atoms with Crippen molar-refractivity contribution < 1.29 is 14.6 Å². The molecule has 1 saturated carbocycles. The minimum Gasteiger partial charge on any atom is -0.497 e. The van der Waals surface area contributed by atoms with Crippen molar-refractivity contribution in [2.24, 2.45) is 0 Å². The number of aliphatic hydroxyl groups is 1. The second kappa shape index (κ2) is 6.17. The van der Waals surface area contributed by atoms with Gasteiger partial charge in [-0.15, -0.1) is 0 Å². The highest BCUT2D eigenvalue weighted by molar-refractivity contribution is 6.00. The molecule has 1 atom stereocenters. The van der Waals surface area contributed by atoms with Crippen LogP contribution in [0.5, 0.6) is 5.75 Å². The van der Waals surface area contributed by atoms with Crippen molar-refractivity contribution >= 4 is 5.78 Å². The molecule has 4 heteroatoms. The van der Waals surface area contributed by atoms with E-state index >= 15 is 0 Å². The van der Waals surface area contributed by atoms with Crippen LogP contribution in [0.3, 0.4) is 0 Å². The van der Waals surface area contributed by atoms with Crippen molar-refractivity contribution in [3.63, 3.8) is 0 Å². The number of ketones is 1. The number of Topliss-reactive ketones (excluding diaryl/α,β-unsaturated/α-hetero) is 1. The smallest absolute Gasteiger partial charge is 0.179 e. The molecule has 0 radical (unpaired) electrons. The first-order valence-corrected chi connectivity index (χ1v) is 6.72. The number of aliphatic hydroxyl groups excluding tert-OH is 1. The highest BCUT2D eigenvalue weighted by Crippen LogP contribution is 2.29. The van der Waals surface area contributed by atoms with Crippen LogP contribution >= 0.6 is 0 Å². The molecule has 104 valence electrons. The van der Waals surface area contributed by atoms with E-state index in [0.29, 0.717) is 18.2 Å². The van der Waals surface area contributed by atoms with Gasteiger partial charge < -0.3 is 9.84 Å². The summed E-state index contributed by atoms with van der Waals surface area (Å²) in [5, 5.41) is 9.11. The van der Waals surface area contributed by atoms with Gasteiger partial charge in [0.05, 0.1) is 19.8 Å². The summed E-state index contributed by atoms with van der Waals surface area (Å²) in [5.41, 5.74) is 0.692. The first-order chi connectivity index (χ1) is 9.17. The maximum atomic E-state index is 12.4. The van der Waals surface area contributed by atoms with E-state index in [1.807, 2.05) is 6.92 Å². The first kappa shape index (κ1) is 14.0. The van der Waals surface area contributed by atoms with Crippen LogP contribution < -0.4 is 4.74 Å². The molecule has 1 aliphatic carbocycles. The molecule has 0 aromatic heterocycles. The Morgan fingerprint density at radius 1 is 1.42 bits per heavy atom. The molecule has 0 saturated heterocycles. The average Bonchev–Trinajstić information content (AvgIpc) is 3.28. The monoisotopic (exact) mass is 263 g/mol. The Labute approximate surface area is 114 Å². The third kappa shape index (κ3) is 3.33. The molecule has 2 rings (SSSR count). The topological polar surface area (TPSA) is 49.8 Å². The van der Waals surface area contributed by atoms with Gasteiger partial charge in [0.15, 0.2) is 5.78 Å². The zero-order valence-corrected chi connectivity index (χ0v) is 11.5. The molecule has 19 heavy (non-hydrogen) atoms. The zero-order valence-electron chi connectivity index (χ0n) is 11.5. The Balaban J connectivity index is 2.07. The fourth-order valence-corrected chi connectivity index (χ4v) is 2.36. The van der Waals surface area contributed by atoms with E-state index in [-0.39, 0.29) is 18.4 Å². The van der Waals surface area contributed by atoms with Crippen molar-refractivity contribution in [2.45, 2.75) is 31.8 Å². The molecule has 0 bridgehead atoms. The molecule has 1 unspecified atom stereocenters. The first-order valence-electron chi connectivity index (χ1n) is 6.72. The van der Waals surface area contributed by atoms with Crippen LogP contribution in [0.15, 0.2) is 24.3 Å². The lowest BCUT2D eigenvalue weighted by Crippen LogP contribution is -2.42. The minimum atomic E-state index is -0.187. The Morgan fingerprint density at radius 2 is 2.05 bits per heavy atom. The van der Waals surface area contributed by atoms with Crippen molar-refractivity contribution in [1.29, 1.82) is 0 Å². The lowest BCUT2D eigenvalue weighted by atomic mass is 10.0. The van der Waals surface area contributed by atoms with E-state index in [1.165, 1.54) is 0 Å². The molecule has 1 N–H and O–H groups in total. The Hall–Kier alpha value is -1.39. The van der Waals surface area contributed by atoms with E-state index in [1.54, 1.807) is 31.4 Å². The molecule has 1 aliphatic rings. The Bertz CT molecular complexity index is 426. The summed E-state index contributed by atoms with van der Waals surface area (Å²) < 4.78 is 5.09. The van der Waals surface area contributed by atoms with E-state index < -0.39 is 0 Å². The summed E-state index contributed by atoms with van der Waals surface area (Å²) in [5.74, 6) is 0.849. The number of hydrogen-bond acceptors (Lipinski definition) is 4. The third-order valence-electron chi connectivity index (χ3n) is 3.63. The maximum absolute atomic E-state index is 12.4. The minimum absolute atomic E-state index is 0.0940. The highest BCUT2D eigenvalue weighted by atomic mass is 16.5. The van der Waals surface area contributed by atoms with Gasteiger partial charge in [0.25, 0.3) is 0 Å². The summed E-state index contributed by atoms with van der Waals surface area (Å²) in [4.78, 5) is 14.5. The molecule has 0 spiro atoms. The fraction of sp³-hybridized carbons (Fsp3) is 0.533. The maximum Gasteiger partial charge on any atom is 0.179 e. The van der Waals surface area contributed by atoms with Crippen LogP contribution in [-0.4, -0.2) is 48.1 Å². The van der Waals surface area contributed by atoms with Crippen molar-refractivity contribution in [2.75, 3.05) is 20.3 Å². The number of carbonyl (C=O) groups is 1. The molecule has 0 aliphatic heterocycles. The van der Waals surface area contributed by atoms with Gasteiger partial charge in [-0.2, -0.15) is 0 Å². The molecular formula is C15H21NO3. The van der Waals surface area contributed by atoms with E-state index in [0.717, 1.165) is 18.6 Å². The van der Waals surface area contributed by atoms with E-state index in [2.05, 4.69) is 4.90 Å². The SMILES string of the molecule is COc1ccc(C(=O)C(C)N(CCO)C2CC2)cc1. The lowest BCUT2D eigenvalue weighted by molar-refractivity contribution is 0.0792. The number of ether oxygens (including phenoxy) is 1. The number of methoxy groups -OCH3 is 1. The molecule has 1 aromatic carbocycles. The van der Waals surface area contributed by atoms with Crippen LogP contribution in [0, 0.1) is 0 Å². The molecule has 1 fully saturated rings. The molecular weight excluding hydrogens is 242 g/mol. The second-order valence-electron chi connectivity index (χ2n) is 4.96. The number of carbonyl (C=O) groups excluding carboxylic acids is 1. The van der Waals surface area contributed by atoms with Gasteiger partial charge in [0.1, 0.15) is 5.75 Å². The van der Waals surface area contributed by atoms with Crippen LogP contribution in [0.1, 0.15) is 30.1 Å². The Kier molecular flexibility index (Phi) is 4.56. The standard InChI is InChI=1S/C15H21NO3/c1-11(16(9-10-17)13-5-6-13)15(18)12-3-7-14(19-2)8-4-12/h3-4,7-8,11,13,17H,5-6,9-10H2,1-2H3. The quantitative estimate of drug-likeness (QED) is 0.761. The predicted octanol–water partition coefficient (Wildman–Crippen LogP) is 1.72. The summed E-state index contributed by atoms with van der Waals surface area (Å²) in [6.45, 7) is 2.57. The fourth-order valence-electron chi connectivity index (χ4n) is 2.36. The van der Waals surface area contributed by atoms with Gasteiger partial charge in [-0.25, -0.2) is 0 Å². The van der Waals surface area contributed by atoms with Crippen LogP contribution in [0.2, 0.25) is 0 Å². The van der Waals surface area contributed by atoms with Gasteiger partial charge in [-0.3, -0.25) is 9.69 Å². The number of rotatable bonds is 7. The second-order valence-corrected chi connectivity index (χ2v) is 4.96. The van der Waals surface area contributed by atoms with E-state index in [4.69, 9.17) is 9.84 Å². The average molecular weight is 263 g/mol. The Morgan fingerprint density at radius 3 is 2.53 bits per heavy atom. The van der Waals surface area contributed by atoms with Crippen molar-refractivity contribution in [1.82, 2.24) is 4.90 Å². The summed E-state index contributed by atoms with van der Waals surface area (Å²) in [7, 11) is 1.61. The van der Waals surface area contributed by atoms with Gasteiger partial charge in [-0.1, -0.05) is 0 Å². The molecule has 0 heterocycles. The van der Waals surface area contributed by atoms with Crippen molar-refractivity contribution in [3.8, 4) is 5.75 Å². The summed E-state index contributed by atoms with van der Waals surface area (Å²) in [6.07, 6.45) is 2.25. The molecule has 4 nitrogen and oxygen atoms in total. The van der Waals surface area contributed by atoms with Gasteiger partial charge in [0.2, 0.25) is 0 Å². The normalized spacial score (nSPS) is 16.4. The number of nitrogens with zero attached hydrogens (tertiary/aromatic N) is 1. The highest BCUT2D eigenvalue weighted by Gasteiger charge is 2.34. The predicted molar refractivity (Wildman–Crippen MR) is 73.6 cm³/mol. The van der Waals surface area contributed by atoms with E-state index in [9.17, 15) is 4.79 Å². The summed E-state index contributed by atoms with van der Waals surface area (Å²) >= 11 is 0. The van der Waals surface area contributed by atoms with Gasteiger partial charge >= 0.3 is 0 Å².